The van der Waals surface area contributed by atoms with E-state index in [0.29, 0.717) is 5.92 Å². The van der Waals surface area contributed by atoms with Crippen molar-refractivity contribution in [2.24, 2.45) is 11.3 Å². The highest BCUT2D eigenvalue weighted by atomic mass is 16.3. The standard InChI is InChI=1S/C10H21NO/c1-9(2,3)10(4,12)8-6-11(5)7-8/h8,12H,6-7H2,1-5H3. The maximum absolute atomic E-state index is 10.3. The topological polar surface area (TPSA) is 23.5 Å². The van der Waals surface area contributed by atoms with Crippen LogP contribution in [0, 0.1) is 11.3 Å². The molecule has 2 heteroatoms. The molecule has 1 rings (SSSR count). The molecule has 0 aromatic rings. The van der Waals surface area contributed by atoms with Crippen LogP contribution >= 0.6 is 0 Å². The first kappa shape index (κ1) is 10.0. The molecule has 0 aromatic carbocycles. The quantitative estimate of drug-likeness (QED) is 0.643. The predicted molar refractivity (Wildman–Crippen MR) is 51.1 cm³/mol. The van der Waals surface area contributed by atoms with Crippen molar-refractivity contribution >= 4 is 0 Å². The van der Waals surface area contributed by atoms with E-state index in [1.165, 1.54) is 0 Å². The molecule has 72 valence electrons. The van der Waals surface area contributed by atoms with E-state index in [1.54, 1.807) is 0 Å². The molecule has 2 nitrogen and oxygen atoms in total. The van der Waals surface area contributed by atoms with Gasteiger partial charge >= 0.3 is 0 Å². The first-order chi connectivity index (χ1) is 5.25. The Morgan fingerprint density at radius 1 is 1.17 bits per heavy atom. The van der Waals surface area contributed by atoms with Crippen molar-refractivity contribution in [3.8, 4) is 0 Å². The Kier molecular flexibility index (Phi) is 2.26. The van der Waals surface area contributed by atoms with Gasteiger partial charge < -0.3 is 10.0 Å². The molecule has 1 atom stereocenters. The summed E-state index contributed by atoms with van der Waals surface area (Å²) in [5.74, 6) is 0.447. The third kappa shape index (κ3) is 1.50. The summed E-state index contributed by atoms with van der Waals surface area (Å²) in [6.45, 7) is 10.3. The maximum atomic E-state index is 10.3. The third-order valence-corrected chi connectivity index (χ3v) is 3.38. The molecule has 1 fully saturated rings. The molecular formula is C10H21NO. The molecule has 0 aliphatic carbocycles. The molecular weight excluding hydrogens is 150 g/mol. The van der Waals surface area contributed by atoms with Gasteiger partial charge in [-0.1, -0.05) is 20.8 Å². The Balaban J connectivity index is 2.61. The van der Waals surface area contributed by atoms with E-state index in [4.69, 9.17) is 0 Å². The van der Waals surface area contributed by atoms with Crippen LogP contribution in [-0.2, 0) is 0 Å². The number of nitrogens with zero attached hydrogens (tertiary/aromatic N) is 1. The van der Waals surface area contributed by atoms with E-state index in [0.717, 1.165) is 13.1 Å². The summed E-state index contributed by atoms with van der Waals surface area (Å²) >= 11 is 0. The van der Waals surface area contributed by atoms with Gasteiger partial charge in [0, 0.05) is 19.0 Å². The van der Waals surface area contributed by atoms with Crippen molar-refractivity contribution in [3.63, 3.8) is 0 Å². The van der Waals surface area contributed by atoms with E-state index in [9.17, 15) is 5.11 Å². The van der Waals surface area contributed by atoms with Crippen molar-refractivity contribution in [1.82, 2.24) is 4.90 Å². The maximum Gasteiger partial charge on any atom is 0.0720 e. The minimum absolute atomic E-state index is 0.0150. The number of hydrogen-bond acceptors (Lipinski definition) is 2. The van der Waals surface area contributed by atoms with Gasteiger partial charge in [0.05, 0.1) is 5.60 Å². The zero-order valence-corrected chi connectivity index (χ0v) is 8.89. The molecule has 1 heterocycles. The molecule has 1 N–H and O–H groups in total. The van der Waals surface area contributed by atoms with Gasteiger partial charge in [-0.3, -0.25) is 0 Å². The monoisotopic (exact) mass is 171 g/mol. The highest BCUT2D eigenvalue weighted by Gasteiger charge is 2.46. The summed E-state index contributed by atoms with van der Waals surface area (Å²) in [6, 6.07) is 0. The highest BCUT2D eigenvalue weighted by molar-refractivity contribution is 4.98. The summed E-state index contributed by atoms with van der Waals surface area (Å²) in [4.78, 5) is 2.24. The average Bonchev–Trinajstić information content (AvgIpc) is 1.78. The van der Waals surface area contributed by atoms with Gasteiger partial charge in [0.1, 0.15) is 0 Å². The van der Waals surface area contributed by atoms with E-state index < -0.39 is 5.60 Å². The summed E-state index contributed by atoms with van der Waals surface area (Å²) in [6.07, 6.45) is 0. The number of aliphatic hydroxyl groups is 1. The van der Waals surface area contributed by atoms with Crippen LogP contribution in [0.15, 0.2) is 0 Å². The van der Waals surface area contributed by atoms with Gasteiger partial charge in [0.15, 0.2) is 0 Å². The largest absolute Gasteiger partial charge is 0.389 e. The Morgan fingerprint density at radius 2 is 1.58 bits per heavy atom. The highest BCUT2D eigenvalue weighted by Crippen LogP contribution is 2.39. The molecule has 0 amide bonds. The second-order valence-corrected chi connectivity index (χ2v) is 5.32. The molecule has 12 heavy (non-hydrogen) atoms. The van der Waals surface area contributed by atoms with Crippen molar-refractivity contribution in [2.45, 2.75) is 33.3 Å². The lowest BCUT2D eigenvalue weighted by atomic mass is 9.67. The molecule has 0 saturated carbocycles. The van der Waals surface area contributed by atoms with Crippen molar-refractivity contribution < 1.29 is 5.11 Å². The van der Waals surface area contributed by atoms with Crippen LogP contribution in [0.25, 0.3) is 0 Å². The summed E-state index contributed by atoms with van der Waals surface area (Å²) in [5.41, 5.74) is -0.543. The Labute approximate surface area is 75.6 Å². The van der Waals surface area contributed by atoms with Crippen LogP contribution in [0.2, 0.25) is 0 Å². The van der Waals surface area contributed by atoms with Gasteiger partial charge in [-0.15, -0.1) is 0 Å². The predicted octanol–water partition coefficient (Wildman–Crippen LogP) is 1.35. The van der Waals surface area contributed by atoms with Crippen LogP contribution in [0.3, 0.4) is 0 Å². The smallest absolute Gasteiger partial charge is 0.0720 e. The van der Waals surface area contributed by atoms with Crippen molar-refractivity contribution in [2.75, 3.05) is 20.1 Å². The molecule has 0 spiro atoms. The van der Waals surface area contributed by atoms with E-state index in [2.05, 4.69) is 32.7 Å². The molecule has 1 aliphatic heterocycles. The fourth-order valence-electron chi connectivity index (χ4n) is 1.67. The SMILES string of the molecule is CN1CC(C(C)(O)C(C)(C)C)C1. The molecule has 1 aliphatic rings. The minimum atomic E-state index is -0.528. The molecule has 1 unspecified atom stereocenters. The zero-order valence-electron chi connectivity index (χ0n) is 8.89. The van der Waals surface area contributed by atoms with Crippen LogP contribution in [0.1, 0.15) is 27.7 Å². The van der Waals surface area contributed by atoms with Gasteiger partial charge in [-0.25, -0.2) is 0 Å². The molecule has 0 bridgehead atoms. The summed E-state index contributed by atoms with van der Waals surface area (Å²) < 4.78 is 0. The normalized spacial score (nSPS) is 26.5. The lowest BCUT2D eigenvalue weighted by Gasteiger charge is -2.51. The van der Waals surface area contributed by atoms with Crippen LogP contribution in [0.4, 0.5) is 0 Å². The zero-order chi connectivity index (χ0) is 9.57. The third-order valence-electron chi connectivity index (χ3n) is 3.38. The molecule has 0 radical (unpaired) electrons. The lowest BCUT2D eigenvalue weighted by molar-refractivity contribution is -0.131. The van der Waals surface area contributed by atoms with E-state index >= 15 is 0 Å². The van der Waals surface area contributed by atoms with Crippen molar-refractivity contribution in [1.29, 1.82) is 0 Å². The fraction of sp³-hybridized carbons (Fsp3) is 1.00. The lowest BCUT2D eigenvalue weighted by Crippen LogP contribution is -2.59. The average molecular weight is 171 g/mol. The van der Waals surface area contributed by atoms with Gasteiger partial charge in [0.25, 0.3) is 0 Å². The number of likely N-dealkylation sites (tertiary alicyclic amines) is 1. The van der Waals surface area contributed by atoms with E-state index in [-0.39, 0.29) is 5.41 Å². The Hall–Kier alpha value is -0.0800. The first-order valence-electron chi connectivity index (χ1n) is 4.66. The van der Waals surface area contributed by atoms with E-state index in [1.807, 2.05) is 6.92 Å². The van der Waals surface area contributed by atoms with Gasteiger partial charge in [0.2, 0.25) is 0 Å². The first-order valence-corrected chi connectivity index (χ1v) is 4.66. The summed E-state index contributed by atoms with van der Waals surface area (Å²) in [7, 11) is 2.09. The van der Waals surface area contributed by atoms with Crippen LogP contribution < -0.4 is 0 Å². The fourth-order valence-corrected chi connectivity index (χ4v) is 1.67. The molecule has 1 saturated heterocycles. The van der Waals surface area contributed by atoms with Gasteiger partial charge in [-0.2, -0.15) is 0 Å². The second kappa shape index (κ2) is 2.71. The minimum Gasteiger partial charge on any atom is -0.389 e. The van der Waals surface area contributed by atoms with Crippen LogP contribution in [-0.4, -0.2) is 35.7 Å². The Morgan fingerprint density at radius 3 is 1.83 bits per heavy atom. The number of hydrogen-bond donors (Lipinski definition) is 1. The van der Waals surface area contributed by atoms with Crippen LogP contribution in [0.5, 0.6) is 0 Å². The Bertz CT molecular complexity index is 163. The number of rotatable bonds is 1. The van der Waals surface area contributed by atoms with Crippen molar-refractivity contribution in [3.05, 3.63) is 0 Å². The van der Waals surface area contributed by atoms with Gasteiger partial charge in [-0.05, 0) is 19.4 Å². The second-order valence-electron chi connectivity index (χ2n) is 5.32. The summed E-state index contributed by atoms with van der Waals surface area (Å²) in [5, 5.41) is 10.3. The molecule has 0 aromatic heterocycles.